The number of amides is 1. The van der Waals surface area contributed by atoms with E-state index in [4.69, 9.17) is 0 Å². The van der Waals surface area contributed by atoms with Crippen LogP contribution in [0.25, 0.3) is 0 Å². The van der Waals surface area contributed by atoms with Gasteiger partial charge in [-0.15, -0.1) is 0 Å². The van der Waals surface area contributed by atoms with Crippen LogP contribution >= 0.6 is 11.6 Å². The molecular weight excluding hydrogens is 426 g/mol. The van der Waals surface area contributed by atoms with E-state index in [9.17, 15) is 48.7 Å². The average molecular weight is 433 g/mol. The third-order valence-electron chi connectivity index (χ3n) is 3.65. The summed E-state index contributed by atoms with van der Waals surface area (Å²) in [5.74, 6) is -29.0. The summed E-state index contributed by atoms with van der Waals surface area (Å²) in [6, 6.07) is 0. The molecule has 2 rings (SSSR count). The molecule has 0 fully saturated rings. The summed E-state index contributed by atoms with van der Waals surface area (Å²) in [5, 5.41) is -4.29. The van der Waals surface area contributed by atoms with Crippen LogP contribution in [0.15, 0.2) is 36.2 Å². The Morgan fingerprint density at radius 2 is 1.44 bits per heavy atom. The van der Waals surface area contributed by atoms with Gasteiger partial charge in [0.05, 0.1) is 0 Å². The van der Waals surface area contributed by atoms with Gasteiger partial charge in [0.2, 0.25) is 5.91 Å². The molecule has 1 unspecified atom stereocenters. The molecule has 0 saturated heterocycles. The van der Waals surface area contributed by atoms with E-state index in [0.29, 0.717) is 6.20 Å². The van der Waals surface area contributed by atoms with Gasteiger partial charge in [0, 0.05) is 12.3 Å². The molecule has 2 aliphatic rings. The minimum atomic E-state index is -7.30. The monoisotopic (exact) mass is 432 g/mol. The molecule has 0 aromatic carbocycles. The Kier molecular flexibility index (Phi) is 4.78. The first-order valence-corrected chi connectivity index (χ1v) is 7.10. The fraction of sp³-hybridized carbons (Fsp3) is 0.462. The Balaban J connectivity index is 2.58. The van der Waals surface area contributed by atoms with Crippen molar-refractivity contribution in [2.24, 2.45) is 0 Å². The number of nitrogens with zero attached hydrogens (tertiary/aromatic N) is 1. The van der Waals surface area contributed by atoms with Crippen molar-refractivity contribution in [3.63, 3.8) is 0 Å². The molecule has 1 N–H and O–H groups in total. The predicted octanol–water partition coefficient (Wildman–Crippen LogP) is 4.08. The summed E-state index contributed by atoms with van der Waals surface area (Å²) >= 11 is 3.73. The van der Waals surface area contributed by atoms with E-state index in [-0.39, 0.29) is 11.0 Å². The van der Waals surface area contributed by atoms with Crippen molar-refractivity contribution in [3.05, 3.63) is 36.2 Å². The zero-order valence-corrected chi connectivity index (χ0v) is 13.2. The zero-order valence-electron chi connectivity index (χ0n) is 12.5. The highest BCUT2D eigenvalue weighted by atomic mass is 35.5. The lowest BCUT2D eigenvalue weighted by Crippen LogP contribution is -2.68. The number of rotatable bonds is 5. The number of hydrogen-bond acceptors (Lipinski definition) is 2. The third-order valence-corrected chi connectivity index (χ3v) is 3.89. The maximum absolute atomic E-state index is 14.2. The Labute approximate surface area is 148 Å². The van der Waals surface area contributed by atoms with Crippen molar-refractivity contribution >= 4 is 17.5 Å². The van der Waals surface area contributed by atoms with Crippen molar-refractivity contribution in [1.82, 2.24) is 10.2 Å². The highest BCUT2D eigenvalue weighted by Gasteiger charge is 2.87. The molecule has 1 amide bonds. The van der Waals surface area contributed by atoms with Gasteiger partial charge >= 0.3 is 29.1 Å². The lowest BCUT2D eigenvalue weighted by atomic mass is 9.94. The maximum Gasteiger partial charge on any atom is 0.393 e. The first-order valence-electron chi connectivity index (χ1n) is 6.72. The van der Waals surface area contributed by atoms with Crippen molar-refractivity contribution in [3.8, 4) is 0 Å². The summed E-state index contributed by atoms with van der Waals surface area (Å²) in [7, 11) is 0. The van der Waals surface area contributed by atoms with Gasteiger partial charge in [0.25, 0.3) is 0 Å². The van der Waals surface area contributed by atoms with Crippen LogP contribution in [-0.2, 0) is 4.79 Å². The van der Waals surface area contributed by atoms with E-state index in [1.165, 1.54) is 6.08 Å². The summed E-state index contributed by atoms with van der Waals surface area (Å²) in [6.45, 7) is 0. The van der Waals surface area contributed by atoms with Crippen molar-refractivity contribution < 1.29 is 48.7 Å². The number of hydrogen-bond donors (Lipinski definition) is 1. The number of fused-ring (bicyclic) bond motifs is 1. The highest BCUT2D eigenvalue weighted by molar-refractivity contribution is 6.22. The SMILES string of the molecule is O=C1C=C(C(F)(F)C(F)(F)C(F)(F)C(F)(F)C(F)(F)Cl)N2C=CC=CC2N1. The molecule has 0 aliphatic carbocycles. The summed E-state index contributed by atoms with van der Waals surface area (Å²) in [6.07, 6.45) is 2.05. The van der Waals surface area contributed by atoms with Gasteiger partial charge in [-0.1, -0.05) is 6.08 Å². The zero-order chi connectivity index (χ0) is 21.1. The summed E-state index contributed by atoms with van der Waals surface area (Å²) in [4.78, 5) is 11.6. The first-order chi connectivity index (χ1) is 12.0. The molecule has 27 heavy (non-hydrogen) atoms. The maximum atomic E-state index is 14.2. The fourth-order valence-electron chi connectivity index (χ4n) is 2.22. The lowest BCUT2D eigenvalue weighted by molar-refractivity contribution is -0.385. The predicted molar refractivity (Wildman–Crippen MR) is 70.7 cm³/mol. The van der Waals surface area contributed by atoms with Crippen molar-refractivity contribution in [2.45, 2.75) is 35.2 Å². The third kappa shape index (κ3) is 2.95. The molecule has 3 nitrogen and oxygen atoms in total. The standard InChI is InChI=1S/C13H7ClF10N2O/c14-13(23,24)12(21,22)11(19,20)10(17,18)9(15,16)6-5-8(27)25-7-3-1-2-4-26(6)7/h1-5,7H,(H,25,27). The first kappa shape index (κ1) is 21.4. The van der Waals surface area contributed by atoms with Gasteiger partial charge in [0.1, 0.15) is 11.9 Å². The molecule has 0 bridgehead atoms. The Bertz CT molecular complexity index is 725. The Morgan fingerprint density at radius 1 is 0.889 bits per heavy atom. The number of nitrogens with one attached hydrogen (secondary N) is 1. The Hall–Kier alpha value is -1.92. The van der Waals surface area contributed by atoms with Crippen LogP contribution in [0.5, 0.6) is 0 Å². The number of alkyl halides is 11. The smallest absolute Gasteiger partial charge is 0.329 e. The highest BCUT2D eigenvalue weighted by Crippen LogP contribution is 2.59. The van der Waals surface area contributed by atoms with Gasteiger partial charge in [0.15, 0.2) is 0 Å². The largest absolute Gasteiger partial charge is 0.393 e. The molecule has 152 valence electrons. The quantitative estimate of drug-likeness (QED) is 0.524. The van der Waals surface area contributed by atoms with E-state index in [1.54, 1.807) is 0 Å². The van der Waals surface area contributed by atoms with Gasteiger partial charge in [-0.2, -0.15) is 43.9 Å². The molecule has 0 spiro atoms. The normalized spacial score (nSPS) is 21.7. The average Bonchev–Trinajstić information content (AvgIpc) is 2.52. The number of allylic oxidation sites excluding steroid dienone is 3. The second kappa shape index (κ2) is 6.04. The van der Waals surface area contributed by atoms with Gasteiger partial charge in [-0.3, -0.25) is 4.79 Å². The lowest BCUT2D eigenvalue weighted by Gasteiger charge is -2.43. The van der Waals surface area contributed by atoms with Crippen LogP contribution < -0.4 is 5.32 Å². The minimum Gasteiger partial charge on any atom is -0.329 e. The van der Waals surface area contributed by atoms with E-state index < -0.39 is 46.8 Å². The number of carbonyl (C=O) groups is 1. The van der Waals surface area contributed by atoms with Gasteiger partial charge < -0.3 is 10.2 Å². The molecular formula is C13H7ClF10N2O. The van der Waals surface area contributed by atoms with E-state index in [0.717, 1.165) is 12.2 Å². The van der Waals surface area contributed by atoms with Crippen LogP contribution in [0.1, 0.15) is 0 Å². The second-order valence-corrected chi connectivity index (χ2v) is 5.89. The molecule has 0 radical (unpaired) electrons. The van der Waals surface area contributed by atoms with E-state index in [2.05, 4.69) is 11.6 Å². The topological polar surface area (TPSA) is 32.3 Å². The van der Waals surface area contributed by atoms with Crippen molar-refractivity contribution in [2.75, 3.05) is 0 Å². The van der Waals surface area contributed by atoms with Crippen LogP contribution in [-0.4, -0.2) is 46.0 Å². The van der Waals surface area contributed by atoms with E-state index in [1.807, 2.05) is 5.32 Å². The van der Waals surface area contributed by atoms with Crippen LogP contribution in [0.4, 0.5) is 43.9 Å². The minimum absolute atomic E-state index is 0.183. The molecule has 0 aromatic heterocycles. The Morgan fingerprint density at radius 3 is 1.96 bits per heavy atom. The molecule has 0 aromatic rings. The van der Waals surface area contributed by atoms with Crippen LogP contribution in [0.2, 0.25) is 0 Å². The fourth-order valence-corrected chi connectivity index (χ4v) is 2.34. The second-order valence-electron chi connectivity index (χ2n) is 5.41. The molecule has 14 heteroatoms. The van der Waals surface area contributed by atoms with Gasteiger partial charge in [-0.05, 0) is 23.8 Å². The summed E-state index contributed by atoms with van der Waals surface area (Å²) in [5.41, 5.74) is -2.10. The molecule has 0 saturated carbocycles. The molecule has 2 aliphatic heterocycles. The van der Waals surface area contributed by atoms with E-state index >= 15 is 0 Å². The van der Waals surface area contributed by atoms with Gasteiger partial charge in [-0.25, -0.2) is 0 Å². The summed E-state index contributed by atoms with van der Waals surface area (Å²) < 4.78 is 135. The number of halogens is 11. The van der Waals surface area contributed by atoms with Crippen molar-refractivity contribution in [1.29, 1.82) is 0 Å². The number of carbonyl (C=O) groups excluding carboxylic acids is 1. The van der Waals surface area contributed by atoms with Crippen LogP contribution in [0, 0.1) is 0 Å². The molecule has 2 heterocycles. The van der Waals surface area contributed by atoms with Crippen LogP contribution in [0.3, 0.4) is 0 Å². The molecule has 1 atom stereocenters.